The minimum Gasteiger partial charge on any atom is -0.465 e. The molecule has 0 bridgehead atoms. The first-order valence-corrected chi connectivity index (χ1v) is 8.92. The van der Waals surface area contributed by atoms with E-state index in [0.29, 0.717) is 23.7 Å². The molecule has 1 amide bonds. The third-order valence-corrected chi connectivity index (χ3v) is 4.96. The zero-order chi connectivity index (χ0) is 19.2. The summed E-state index contributed by atoms with van der Waals surface area (Å²) in [6.07, 6.45) is -0.248. The molecule has 0 aromatic carbocycles. The van der Waals surface area contributed by atoms with Crippen molar-refractivity contribution in [3.05, 3.63) is 22.9 Å². The van der Waals surface area contributed by atoms with Crippen LogP contribution in [0.1, 0.15) is 42.4 Å². The molecule has 2 unspecified atom stereocenters. The number of anilines is 1. The number of carbonyl (C=O) groups is 2. The highest BCUT2D eigenvalue weighted by Gasteiger charge is 2.49. The average Bonchev–Trinajstić information content (AvgIpc) is 2.81. The van der Waals surface area contributed by atoms with Gasteiger partial charge in [-0.15, -0.1) is 0 Å². The molecule has 1 aromatic rings. The van der Waals surface area contributed by atoms with E-state index >= 15 is 0 Å². The van der Waals surface area contributed by atoms with Crippen LogP contribution in [-0.2, 0) is 9.47 Å². The summed E-state index contributed by atoms with van der Waals surface area (Å²) in [7, 11) is 1.37. The third kappa shape index (κ3) is 3.34. The smallest absolute Gasteiger partial charge is 0.410 e. The number of ether oxygens (including phenoxy) is 2. The Kier molecular flexibility index (Phi) is 4.58. The van der Waals surface area contributed by atoms with Gasteiger partial charge in [-0.05, 0) is 46.2 Å². The van der Waals surface area contributed by atoms with E-state index in [2.05, 4.69) is 9.88 Å². The largest absolute Gasteiger partial charge is 0.465 e. The molecule has 3 rings (SSSR count). The molecule has 26 heavy (non-hydrogen) atoms. The van der Waals surface area contributed by atoms with Crippen LogP contribution in [0.3, 0.4) is 0 Å². The number of hydrogen-bond acceptors (Lipinski definition) is 6. The molecular weight excluding hydrogens is 334 g/mol. The molecule has 7 nitrogen and oxygen atoms in total. The number of carbonyl (C=O) groups excluding carboxylic acids is 2. The maximum absolute atomic E-state index is 12.3. The number of esters is 1. The average molecular weight is 361 g/mol. The van der Waals surface area contributed by atoms with Crippen LogP contribution in [0.15, 0.2) is 6.07 Å². The summed E-state index contributed by atoms with van der Waals surface area (Å²) in [6.45, 7) is 11.6. The molecule has 7 heteroatoms. The SMILES string of the molecule is COC(=O)c1c(C)cc(N2CC3CN(C(=O)OC(C)(C)C)C3C2)nc1C. The lowest BCUT2D eigenvalue weighted by Crippen LogP contribution is -2.59. The van der Waals surface area contributed by atoms with Crippen LogP contribution < -0.4 is 4.90 Å². The lowest BCUT2D eigenvalue weighted by molar-refractivity contribution is -0.0163. The van der Waals surface area contributed by atoms with Crippen molar-refractivity contribution in [1.82, 2.24) is 9.88 Å². The van der Waals surface area contributed by atoms with Gasteiger partial charge in [0.25, 0.3) is 0 Å². The fraction of sp³-hybridized carbons (Fsp3) is 0.632. The Hall–Kier alpha value is -2.31. The molecule has 142 valence electrons. The van der Waals surface area contributed by atoms with E-state index in [-0.39, 0.29) is 18.1 Å². The predicted molar refractivity (Wildman–Crippen MR) is 97.5 cm³/mol. The Morgan fingerprint density at radius 2 is 1.88 bits per heavy atom. The number of aryl methyl sites for hydroxylation is 2. The monoisotopic (exact) mass is 361 g/mol. The van der Waals surface area contributed by atoms with Crippen LogP contribution >= 0.6 is 0 Å². The number of likely N-dealkylation sites (tertiary alicyclic amines) is 1. The van der Waals surface area contributed by atoms with E-state index < -0.39 is 5.60 Å². The van der Waals surface area contributed by atoms with Gasteiger partial charge in [0.2, 0.25) is 0 Å². The van der Waals surface area contributed by atoms with Gasteiger partial charge in [-0.25, -0.2) is 14.6 Å². The molecule has 2 atom stereocenters. The fourth-order valence-electron chi connectivity index (χ4n) is 3.74. The minimum absolute atomic E-state index is 0.160. The van der Waals surface area contributed by atoms with Gasteiger partial charge >= 0.3 is 12.1 Å². The van der Waals surface area contributed by atoms with Gasteiger partial charge in [-0.3, -0.25) is 0 Å². The van der Waals surface area contributed by atoms with Crippen molar-refractivity contribution in [3.8, 4) is 0 Å². The topological polar surface area (TPSA) is 72.0 Å². The second kappa shape index (κ2) is 6.45. The highest BCUT2D eigenvalue weighted by Crippen LogP contribution is 2.36. The maximum atomic E-state index is 12.3. The van der Waals surface area contributed by atoms with Crippen molar-refractivity contribution in [2.24, 2.45) is 5.92 Å². The molecule has 0 saturated carbocycles. The van der Waals surface area contributed by atoms with Gasteiger partial charge in [-0.1, -0.05) is 0 Å². The Labute approximate surface area is 154 Å². The second-order valence-electron chi connectivity index (χ2n) is 8.11. The number of fused-ring (bicyclic) bond motifs is 1. The van der Waals surface area contributed by atoms with Crippen LogP contribution in [0, 0.1) is 19.8 Å². The zero-order valence-corrected chi connectivity index (χ0v) is 16.3. The summed E-state index contributed by atoms with van der Waals surface area (Å²) in [5.74, 6) is 0.910. The quantitative estimate of drug-likeness (QED) is 0.754. The molecule has 3 heterocycles. The van der Waals surface area contributed by atoms with Crippen LogP contribution in [-0.4, -0.2) is 60.3 Å². The molecule has 1 aromatic heterocycles. The molecule has 0 spiro atoms. The number of pyridine rings is 1. The maximum Gasteiger partial charge on any atom is 0.410 e. The van der Waals surface area contributed by atoms with E-state index in [1.807, 2.05) is 40.7 Å². The number of hydrogen-bond donors (Lipinski definition) is 0. The molecule has 2 aliphatic heterocycles. The van der Waals surface area contributed by atoms with Crippen molar-refractivity contribution in [2.45, 2.75) is 46.3 Å². The van der Waals surface area contributed by atoms with Gasteiger partial charge in [0.1, 0.15) is 11.4 Å². The molecular formula is C19H27N3O4. The highest BCUT2D eigenvalue weighted by atomic mass is 16.6. The van der Waals surface area contributed by atoms with Gasteiger partial charge in [0.15, 0.2) is 0 Å². The summed E-state index contributed by atoms with van der Waals surface area (Å²) in [6, 6.07) is 2.08. The van der Waals surface area contributed by atoms with E-state index in [0.717, 1.165) is 24.5 Å². The highest BCUT2D eigenvalue weighted by molar-refractivity contribution is 5.92. The lowest BCUT2D eigenvalue weighted by atomic mass is 9.93. The number of methoxy groups -OCH3 is 1. The first-order valence-electron chi connectivity index (χ1n) is 8.92. The molecule has 0 aliphatic carbocycles. The number of rotatable bonds is 2. The normalized spacial score (nSPS) is 21.9. The van der Waals surface area contributed by atoms with E-state index in [4.69, 9.17) is 9.47 Å². The number of aromatic nitrogens is 1. The number of amides is 1. The fourth-order valence-corrected chi connectivity index (χ4v) is 3.74. The van der Waals surface area contributed by atoms with E-state index in [1.54, 1.807) is 4.90 Å². The van der Waals surface area contributed by atoms with Crippen molar-refractivity contribution < 1.29 is 19.1 Å². The van der Waals surface area contributed by atoms with Crippen molar-refractivity contribution >= 4 is 17.9 Å². The van der Waals surface area contributed by atoms with Gasteiger partial charge in [0, 0.05) is 25.6 Å². The summed E-state index contributed by atoms with van der Waals surface area (Å²) in [5, 5.41) is 0. The van der Waals surface area contributed by atoms with E-state index in [1.165, 1.54) is 7.11 Å². The van der Waals surface area contributed by atoms with Crippen LogP contribution in [0.2, 0.25) is 0 Å². The lowest BCUT2D eigenvalue weighted by Gasteiger charge is -2.43. The first-order chi connectivity index (χ1) is 12.1. The third-order valence-electron chi connectivity index (χ3n) is 4.96. The first kappa shape index (κ1) is 18.5. The summed E-state index contributed by atoms with van der Waals surface area (Å²) in [5.41, 5.74) is 1.55. The molecule has 2 aliphatic rings. The Balaban J connectivity index is 1.72. The van der Waals surface area contributed by atoms with Crippen LogP contribution in [0.25, 0.3) is 0 Å². The predicted octanol–water partition coefficient (Wildman–Crippen LogP) is 2.54. The van der Waals surface area contributed by atoms with Gasteiger partial charge < -0.3 is 19.3 Å². The zero-order valence-electron chi connectivity index (χ0n) is 16.3. The van der Waals surface area contributed by atoms with Crippen molar-refractivity contribution in [3.63, 3.8) is 0 Å². The van der Waals surface area contributed by atoms with Gasteiger partial charge in [0.05, 0.1) is 24.4 Å². The molecule has 2 fully saturated rings. The number of nitrogens with zero attached hydrogens (tertiary/aromatic N) is 3. The summed E-state index contributed by atoms with van der Waals surface area (Å²) >= 11 is 0. The van der Waals surface area contributed by atoms with Crippen LogP contribution in [0.5, 0.6) is 0 Å². The second-order valence-corrected chi connectivity index (χ2v) is 8.11. The van der Waals surface area contributed by atoms with Crippen molar-refractivity contribution in [1.29, 1.82) is 0 Å². The molecule has 2 saturated heterocycles. The summed E-state index contributed by atoms with van der Waals surface area (Å²) in [4.78, 5) is 32.8. The Bertz CT molecular complexity index is 718. The molecule has 0 radical (unpaired) electrons. The minimum atomic E-state index is -0.486. The van der Waals surface area contributed by atoms with Crippen molar-refractivity contribution in [2.75, 3.05) is 31.6 Å². The van der Waals surface area contributed by atoms with Crippen LogP contribution in [0.4, 0.5) is 10.6 Å². The Morgan fingerprint density at radius 1 is 1.19 bits per heavy atom. The standard InChI is InChI=1S/C19H27N3O4/c1-11-7-15(20-12(2)16(11)17(23)25-6)21-8-13-9-22(14(13)10-21)18(24)26-19(3,4)5/h7,13-14H,8-10H2,1-6H3. The molecule has 0 N–H and O–H groups in total. The summed E-state index contributed by atoms with van der Waals surface area (Å²) < 4.78 is 10.3. The van der Waals surface area contributed by atoms with Gasteiger partial charge in [-0.2, -0.15) is 0 Å². The Morgan fingerprint density at radius 3 is 2.46 bits per heavy atom. The van der Waals surface area contributed by atoms with E-state index in [9.17, 15) is 9.59 Å².